The number of nitrogens with zero attached hydrogens (tertiary/aromatic N) is 3. The Morgan fingerprint density at radius 1 is 0.909 bits per heavy atom. The number of rotatable bonds is 8. The zero-order valence-corrected chi connectivity index (χ0v) is 20.9. The summed E-state index contributed by atoms with van der Waals surface area (Å²) in [6, 6.07) is 26.4. The molecule has 0 atom stereocenters. The second-order valence-electron chi connectivity index (χ2n) is 8.37. The van der Waals surface area contributed by atoms with Gasteiger partial charge in [0.1, 0.15) is 0 Å². The first-order chi connectivity index (χ1) is 15.5. The van der Waals surface area contributed by atoms with E-state index in [2.05, 4.69) is 38.1 Å². The largest absolute Gasteiger partial charge is 0.309 e. The third-order valence-corrected chi connectivity index (χ3v) is 6.57. The first-order valence-corrected chi connectivity index (χ1v) is 11.8. The number of thiazole rings is 1. The fourth-order valence-electron chi connectivity index (χ4n) is 3.90. The fourth-order valence-corrected chi connectivity index (χ4v) is 5.00. The summed E-state index contributed by atoms with van der Waals surface area (Å²) in [4.78, 5) is 23.0. The van der Waals surface area contributed by atoms with Gasteiger partial charge in [-0.25, -0.2) is 4.98 Å². The van der Waals surface area contributed by atoms with Gasteiger partial charge in [0.25, 0.3) is 0 Å². The molecule has 3 aromatic carbocycles. The number of fused-ring (bicyclic) bond motifs is 1. The first kappa shape index (κ1) is 24.9. The average molecular weight is 480 g/mol. The molecular formula is C27H30ClN3OS. The lowest BCUT2D eigenvalue weighted by Crippen LogP contribution is -2.37. The highest BCUT2D eigenvalue weighted by Gasteiger charge is 2.30. The monoisotopic (exact) mass is 479 g/mol. The van der Waals surface area contributed by atoms with Gasteiger partial charge in [0.05, 0.1) is 16.1 Å². The number of amides is 1. The van der Waals surface area contributed by atoms with Crippen LogP contribution in [0, 0.1) is 6.92 Å². The number of halogens is 1. The van der Waals surface area contributed by atoms with Crippen molar-refractivity contribution >= 4 is 45.0 Å². The summed E-state index contributed by atoms with van der Waals surface area (Å²) >= 11 is 1.59. The average Bonchev–Trinajstić information content (AvgIpc) is 3.21. The second-order valence-corrected chi connectivity index (χ2v) is 9.38. The van der Waals surface area contributed by atoms with Crippen molar-refractivity contribution in [2.24, 2.45) is 0 Å². The summed E-state index contributed by atoms with van der Waals surface area (Å²) in [5, 5.41) is 0.770. The molecule has 4 aromatic rings. The van der Waals surface area contributed by atoms with E-state index in [9.17, 15) is 4.79 Å². The van der Waals surface area contributed by atoms with E-state index in [1.54, 1.807) is 11.3 Å². The van der Waals surface area contributed by atoms with E-state index in [-0.39, 0.29) is 24.2 Å². The molecule has 0 aliphatic carbocycles. The number of benzene rings is 3. The minimum Gasteiger partial charge on any atom is -0.309 e. The van der Waals surface area contributed by atoms with Crippen LogP contribution in [0.3, 0.4) is 0 Å². The zero-order valence-electron chi connectivity index (χ0n) is 19.3. The lowest BCUT2D eigenvalue weighted by molar-refractivity contribution is -0.119. The van der Waals surface area contributed by atoms with Crippen molar-refractivity contribution in [2.75, 3.05) is 32.1 Å². The van der Waals surface area contributed by atoms with Gasteiger partial charge in [0.2, 0.25) is 5.91 Å². The van der Waals surface area contributed by atoms with Crippen molar-refractivity contribution in [1.29, 1.82) is 0 Å². The van der Waals surface area contributed by atoms with Crippen LogP contribution in [0.25, 0.3) is 10.2 Å². The summed E-state index contributed by atoms with van der Waals surface area (Å²) in [6.45, 7) is 3.63. The molecule has 0 spiro atoms. The minimum absolute atomic E-state index is 0. The van der Waals surface area contributed by atoms with Crippen LogP contribution >= 0.6 is 23.7 Å². The van der Waals surface area contributed by atoms with Crippen LogP contribution in [0.15, 0.2) is 78.9 Å². The number of aromatic nitrogens is 1. The number of carbonyl (C=O) groups excluding carboxylic acids is 1. The van der Waals surface area contributed by atoms with E-state index in [1.807, 2.05) is 71.6 Å². The topological polar surface area (TPSA) is 36.4 Å². The molecule has 0 fully saturated rings. The number of aryl methyl sites for hydroxylation is 1. The summed E-state index contributed by atoms with van der Waals surface area (Å²) < 4.78 is 1.11. The van der Waals surface area contributed by atoms with Gasteiger partial charge < -0.3 is 4.90 Å². The van der Waals surface area contributed by atoms with E-state index in [4.69, 9.17) is 4.98 Å². The lowest BCUT2D eigenvalue weighted by atomic mass is 9.90. The zero-order chi connectivity index (χ0) is 22.5. The van der Waals surface area contributed by atoms with E-state index in [0.29, 0.717) is 6.54 Å². The molecule has 33 heavy (non-hydrogen) atoms. The lowest BCUT2D eigenvalue weighted by Gasteiger charge is -2.26. The summed E-state index contributed by atoms with van der Waals surface area (Å²) in [7, 11) is 4.12. The quantitative estimate of drug-likeness (QED) is 0.304. The van der Waals surface area contributed by atoms with Crippen molar-refractivity contribution in [3.05, 3.63) is 95.6 Å². The highest BCUT2D eigenvalue weighted by Crippen LogP contribution is 2.34. The summed E-state index contributed by atoms with van der Waals surface area (Å²) in [6.07, 6.45) is 0.879. The highest BCUT2D eigenvalue weighted by atomic mass is 35.5. The van der Waals surface area contributed by atoms with E-state index >= 15 is 0 Å². The van der Waals surface area contributed by atoms with E-state index < -0.39 is 0 Å². The molecule has 0 saturated carbocycles. The van der Waals surface area contributed by atoms with Crippen LogP contribution in [0.2, 0.25) is 0 Å². The molecule has 0 aliphatic rings. The maximum absolute atomic E-state index is 14.1. The first-order valence-electron chi connectivity index (χ1n) is 11.0. The molecule has 0 N–H and O–H groups in total. The molecule has 1 heterocycles. The molecule has 1 amide bonds. The maximum Gasteiger partial charge on any atom is 0.240 e. The van der Waals surface area contributed by atoms with Gasteiger partial charge >= 0.3 is 0 Å². The van der Waals surface area contributed by atoms with Gasteiger partial charge in [-0.1, -0.05) is 78.1 Å². The third kappa shape index (κ3) is 5.99. The predicted octanol–water partition coefficient (Wildman–Crippen LogP) is 6.14. The van der Waals surface area contributed by atoms with Crippen LogP contribution < -0.4 is 4.90 Å². The van der Waals surface area contributed by atoms with Crippen LogP contribution in [-0.2, 0) is 4.79 Å². The highest BCUT2D eigenvalue weighted by molar-refractivity contribution is 7.22. The van der Waals surface area contributed by atoms with Gasteiger partial charge in [0, 0.05) is 6.54 Å². The van der Waals surface area contributed by atoms with E-state index in [1.165, 1.54) is 5.56 Å². The molecule has 0 unspecified atom stereocenters. The maximum atomic E-state index is 14.1. The third-order valence-electron chi connectivity index (χ3n) is 5.53. The molecule has 4 rings (SSSR count). The van der Waals surface area contributed by atoms with Crippen molar-refractivity contribution in [2.45, 2.75) is 19.3 Å². The van der Waals surface area contributed by atoms with Crippen LogP contribution in [0.4, 0.5) is 5.13 Å². The Labute approximate surface area is 206 Å². The summed E-state index contributed by atoms with van der Waals surface area (Å²) in [5.74, 6) is -0.303. The minimum atomic E-state index is -0.370. The molecule has 0 aliphatic heterocycles. The van der Waals surface area contributed by atoms with Crippen LogP contribution in [0.5, 0.6) is 0 Å². The van der Waals surface area contributed by atoms with Crippen LogP contribution in [0.1, 0.15) is 29.0 Å². The van der Waals surface area contributed by atoms with Gasteiger partial charge in [-0.3, -0.25) is 9.69 Å². The standard InChI is InChI=1S/C27H29N3OS.ClH/c1-20-15-16-23-24(19-20)32-27(28-23)30(18-10-17-29(2)3)26(31)25(21-11-6-4-7-12-21)22-13-8-5-9-14-22;/h4-9,11-16,19,25H,10,17-18H2,1-3H3;1H. The molecule has 4 nitrogen and oxygen atoms in total. The smallest absolute Gasteiger partial charge is 0.240 e. The Morgan fingerprint density at radius 2 is 1.52 bits per heavy atom. The molecule has 0 radical (unpaired) electrons. The normalized spacial score (nSPS) is 11.1. The molecule has 0 saturated heterocycles. The Hall–Kier alpha value is -2.73. The molecule has 172 valence electrons. The Kier molecular flexibility index (Phi) is 8.61. The number of carbonyl (C=O) groups is 1. The SMILES string of the molecule is Cc1ccc2nc(N(CCCN(C)C)C(=O)C(c3ccccc3)c3ccccc3)sc2c1.Cl. The van der Waals surface area contributed by atoms with Crippen molar-refractivity contribution in [1.82, 2.24) is 9.88 Å². The predicted molar refractivity (Wildman–Crippen MR) is 142 cm³/mol. The summed E-state index contributed by atoms with van der Waals surface area (Å²) in [5.41, 5.74) is 4.14. The molecule has 1 aromatic heterocycles. The fraction of sp³-hybridized carbons (Fsp3) is 0.259. The van der Waals surface area contributed by atoms with E-state index in [0.717, 1.165) is 39.4 Å². The number of anilines is 1. The van der Waals surface area contributed by atoms with Crippen molar-refractivity contribution in [3.8, 4) is 0 Å². The molecular weight excluding hydrogens is 450 g/mol. The second kappa shape index (κ2) is 11.4. The van der Waals surface area contributed by atoms with Crippen LogP contribution in [-0.4, -0.2) is 43.0 Å². The Bertz CT molecular complexity index is 1140. The van der Waals surface area contributed by atoms with Crippen molar-refractivity contribution in [3.63, 3.8) is 0 Å². The Morgan fingerprint density at radius 3 is 2.09 bits per heavy atom. The van der Waals surface area contributed by atoms with Gasteiger partial charge in [-0.15, -0.1) is 12.4 Å². The van der Waals surface area contributed by atoms with Gasteiger partial charge in [0.15, 0.2) is 5.13 Å². The van der Waals surface area contributed by atoms with Gasteiger partial charge in [-0.05, 0) is 62.8 Å². The van der Waals surface area contributed by atoms with Gasteiger partial charge in [-0.2, -0.15) is 0 Å². The molecule has 6 heteroatoms. The van der Waals surface area contributed by atoms with Crippen molar-refractivity contribution < 1.29 is 4.79 Å². The Balaban J connectivity index is 0.00000306. The number of hydrogen-bond acceptors (Lipinski definition) is 4. The number of hydrogen-bond donors (Lipinski definition) is 0. The molecule has 0 bridgehead atoms.